The lowest BCUT2D eigenvalue weighted by Crippen LogP contribution is -2.43. The Labute approximate surface area is 152 Å². The van der Waals surface area contributed by atoms with Gasteiger partial charge in [-0.05, 0) is 42.0 Å². The number of hydrogen-bond acceptors (Lipinski definition) is 3. The number of carbonyl (C=O) groups is 2. The van der Waals surface area contributed by atoms with Gasteiger partial charge in [0.25, 0.3) is 5.91 Å². The number of nitrogens with one attached hydrogen (secondary N) is 1. The average Bonchev–Trinajstić information content (AvgIpc) is 2.59. The van der Waals surface area contributed by atoms with Crippen molar-refractivity contribution in [3.8, 4) is 0 Å². The van der Waals surface area contributed by atoms with Gasteiger partial charge in [-0.15, -0.1) is 0 Å². The second-order valence-corrected chi connectivity index (χ2v) is 5.89. The average molecular weight is 386 g/mol. The SMILES string of the molecule is COC(=O)[C@H](Cc1cccc(Cl)c1)NC(=O)c1ccc(C(F)(F)F)cc1. The summed E-state index contributed by atoms with van der Waals surface area (Å²) >= 11 is 5.90. The fraction of sp³-hybridized carbons (Fsp3) is 0.222. The van der Waals surface area contributed by atoms with Gasteiger partial charge in [-0.2, -0.15) is 13.2 Å². The first-order chi connectivity index (χ1) is 12.2. The third-order valence-electron chi connectivity index (χ3n) is 3.59. The zero-order valence-corrected chi connectivity index (χ0v) is 14.4. The van der Waals surface area contributed by atoms with Gasteiger partial charge in [0.1, 0.15) is 6.04 Å². The standard InChI is InChI=1S/C18H15ClF3NO3/c1-26-17(25)15(10-11-3-2-4-14(19)9-11)23-16(24)12-5-7-13(8-6-12)18(20,21)22/h2-9,15H,10H2,1H3,(H,23,24)/t15-/m0/s1. The lowest BCUT2D eigenvalue weighted by Gasteiger charge is -2.17. The first-order valence-corrected chi connectivity index (χ1v) is 7.89. The van der Waals surface area contributed by atoms with Crippen molar-refractivity contribution < 1.29 is 27.5 Å². The van der Waals surface area contributed by atoms with E-state index in [4.69, 9.17) is 11.6 Å². The molecule has 0 radical (unpaired) electrons. The molecule has 0 unspecified atom stereocenters. The molecular weight excluding hydrogens is 371 g/mol. The molecule has 0 aromatic heterocycles. The molecule has 2 rings (SSSR count). The van der Waals surface area contributed by atoms with E-state index in [9.17, 15) is 22.8 Å². The molecule has 1 N–H and O–H groups in total. The Kier molecular flexibility index (Phi) is 6.26. The smallest absolute Gasteiger partial charge is 0.416 e. The third-order valence-corrected chi connectivity index (χ3v) is 3.83. The molecule has 0 heterocycles. The van der Waals surface area contributed by atoms with Crippen molar-refractivity contribution in [3.05, 3.63) is 70.2 Å². The van der Waals surface area contributed by atoms with E-state index in [0.717, 1.165) is 24.3 Å². The maximum absolute atomic E-state index is 12.6. The minimum absolute atomic E-state index is 0.00185. The Hall–Kier alpha value is -2.54. The molecule has 1 atom stereocenters. The van der Waals surface area contributed by atoms with Crippen LogP contribution in [0.2, 0.25) is 5.02 Å². The highest BCUT2D eigenvalue weighted by molar-refractivity contribution is 6.30. The minimum Gasteiger partial charge on any atom is -0.467 e. The summed E-state index contributed by atoms with van der Waals surface area (Å²) in [6.07, 6.45) is -4.37. The lowest BCUT2D eigenvalue weighted by atomic mass is 10.0. The second-order valence-electron chi connectivity index (χ2n) is 5.46. The van der Waals surface area contributed by atoms with Crippen LogP contribution in [0.5, 0.6) is 0 Å². The molecule has 0 fully saturated rings. The molecule has 8 heteroatoms. The number of methoxy groups -OCH3 is 1. The first-order valence-electron chi connectivity index (χ1n) is 7.51. The Balaban J connectivity index is 2.14. The molecule has 2 aromatic carbocycles. The Morgan fingerprint density at radius 2 is 1.81 bits per heavy atom. The van der Waals surface area contributed by atoms with E-state index in [1.54, 1.807) is 24.3 Å². The van der Waals surface area contributed by atoms with Gasteiger partial charge in [-0.3, -0.25) is 4.79 Å². The highest BCUT2D eigenvalue weighted by Crippen LogP contribution is 2.29. The number of amides is 1. The van der Waals surface area contributed by atoms with Gasteiger partial charge in [0.05, 0.1) is 12.7 Å². The molecule has 0 saturated heterocycles. The summed E-state index contributed by atoms with van der Waals surface area (Å²) in [7, 11) is 1.18. The molecular formula is C18H15ClF3NO3. The fourth-order valence-corrected chi connectivity index (χ4v) is 2.50. The zero-order valence-electron chi connectivity index (χ0n) is 13.6. The monoisotopic (exact) mass is 385 g/mol. The maximum Gasteiger partial charge on any atom is 0.416 e. The molecule has 138 valence electrons. The number of ether oxygens (including phenoxy) is 1. The van der Waals surface area contributed by atoms with Gasteiger partial charge in [-0.25, -0.2) is 4.79 Å². The Morgan fingerprint density at radius 1 is 1.15 bits per heavy atom. The molecule has 0 aliphatic carbocycles. The van der Waals surface area contributed by atoms with E-state index in [2.05, 4.69) is 10.1 Å². The van der Waals surface area contributed by atoms with Gasteiger partial charge < -0.3 is 10.1 Å². The topological polar surface area (TPSA) is 55.4 Å². The highest BCUT2D eigenvalue weighted by atomic mass is 35.5. The summed E-state index contributed by atoms with van der Waals surface area (Å²) in [4.78, 5) is 24.2. The van der Waals surface area contributed by atoms with Crippen LogP contribution in [0.25, 0.3) is 0 Å². The van der Waals surface area contributed by atoms with Gasteiger partial charge in [0, 0.05) is 17.0 Å². The number of carbonyl (C=O) groups excluding carboxylic acids is 2. The largest absolute Gasteiger partial charge is 0.467 e. The second kappa shape index (κ2) is 8.23. The fourth-order valence-electron chi connectivity index (χ4n) is 2.29. The van der Waals surface area contributed by atoms with Crippen molar-refractivity contribution in [2.75, 3.05) is 7.11 Å². The molecule has 0 aliphatic heterocycles. The third kappa shape index (κ3) is 5.23. The van der Waals surface area contributed by atoms with Crippen LogP contribution < -0.4 is 5.32 Å². The van der Waals surface area contributed by atoms with E-state index >= 15 is 0 Å². The maximum atomic E-state index is 12.6. The van der Waals surface area contributed by atoms with Crippen molar-refractivity contribution in [2.45, 2.75) is 18.6 Å². The molecule has 4 nitrogen and oxygen atoms in total. The van der Waals surface area contributed by atoms with E-state index in [1.165, 1.54) is 7.11 Å². The van der Waals surface area contributed by atoms with Crippen LogP contribution >= 0.6 is 11.6 Å². The van der Waals surface area contributed by atoms with Crippen LogP contribution in [0.1, 0.15) is 21.5 Å². The summed E-state index contributed by atoms with van der Waals surface area (Å²) in [5, 5.41) is 2.94. The molecule has 1 amide bonds. The summed E-state index contributed by atoms with van der Waals surface area (Å²) in [5.41, 5.74) is -0.170. The van der Waals surface area contributed by atoms with Crippen molar-refractivity contribution in [2.24, 2.45) is 0 Å². The quantitative estimate of drug-likeness (QED) is 0.795. The lowest BCUT2D eigenvalue weighted by molar-refractivity contribution is -0.142. The summed E-state index contributed by atoms with van der Waals surface area (Å²) in [6, 6.07) is 9.43. The normalized spacial score (nSPS) is 12.3. The minimum atomic E-state index is -4.49. The van der Waals surface area contributed by atoms with E-state index in [1.807, 2.05) is 0 Å². The van der Waals surface area contributed by atoms with Gasteiger partial charge in [0.15, 0.2) is 0 Å². The number of benzene rings is 2. The highest BCUT2D eigenvalue weighted by Gasteiger charge is 2.30. The van der Waals surface area contributed by atoms with Crippen LogP contribution in [-0.4, -0.2) is 25.0 Å². The van der Waals surface area contributed by atoms with Crippen molar-refractivity contribution in [1.82, 2.24) is 5.32 Å². The van der Waals surface area contributed by atoms with Crippen molar-refractivity contribution >= 4 is 23.5 Å². The van der Waals surface area contributed by atoms with Gasteiger partial charge in [0.2, 0.25) is 0 Å². The van der Waals surface area contributed by atoms with E-state index in [0.29, 0.717) is 10.6 Å². The molecule has 2 aromatic rings. The number of esters is 1. The summed E-state index contributed by atoms with van der Waals surface area (Å²) in [5.74, 6) is -1.36. The summed E-state index contributed by atoms with van der Waals surface area (Å²) < 4.78 is 42.4. The van der Waals surface area contributed by atoms with Crippen LogP contribution in [0, 0.1) is 0 Å². The molecule has 0 bridgehead atoms. The number of hydrogen-bond donors (Lipinski definition) is 1. The van der Waals surface area contributed by atoms with Crippen molar-refractivity contribution in [1.29, 1.82) is 0 Å². The zero-order chi connectivity index (χ0) is 19.3. The number of rotatable bonds is 5. The Morgan fingerprint density at radius 3 is 2.35 bits per heavy atom. The van der Waals surface area contributed by atoms with Crippen LogP contribution in [-0.2, 0) is 22.1 Å². The molecule has 0 saturated carbocycles. The molecule has 0 spiro atoms. The number of halogens is 4. The van der Waals surface area contributed by atoms with Crippen molar-refractivity contribution in [3.63, 3.8) is 0 Å². The molecule has 0 aliphatic rings. The van der Waals surface area contributed by atoms with Crippen LogP contribution in [0.3, 0.4) is 0 Å². The molecule has 26 heavy (non-hydrogen) atoms. The predicted molar refractivity (Wildman–Crippen MR) is 89.9 cm³/mol. The Bertz CT molecular complexity index is 791. The van der Waals surface area contributed by atoms with Crippen LogP contribution in [0.15, 0.2) is 48.5 Å². The number of alkyl halides is 3. The van der Waals surface area contributed by atoms with Gasteiger partial charge in [-0.1, -0.05) is 23.7 Å². The van der Waals surface area contributed by atoms with Gasteiger partial charge >= 0.3 is 12.1 Å². The first kappa shape index (κ1) is 19.8. The van der Waals surface area contributed by atoms with Crippen LogP contribution in [0.4, 0.5) is 13.2 Å². The predicted octanol–water partition coefficient (Wildman–Crippen LogP) is 3.87. The van der Waals surface area contributed by atoms with E-state index in [-0.39, 0.29) is 12.0 Å². The van der Waals surface area contributed by atoms with E-state index < -0.39 is 29.7 Å². The summed E-state index contributed by atoms with van der Waals surface area (Å²) in [6.45, 7) is 0.